The van der Waals surface area contributed by atoms with Gasteiger partial charge in [-0.3, -0.25) is 9.38 Å². The number of alkyl halides is 1. The monoisotopic (exact) mass is 503 g/mol. The van der Waals surface area contributed by atoms with Gasteiger partial charge in [-0.05, 0) is 76.1 Å². The van der Waals surface area contributed by atoms with E-state index in [1.807, 2.05) is 25.3 Å². The number of halogens is 1. The van der Waals surface area contributed by atoms with Crippen LogP contribution in [0.2, 0.25) is 0 Å². The highest BCUT2D eigenvalue weighted by molar-refractivity contribution is 5.68. The zero-order chi connectivity index (χ0) is 26.2. The Morgan fingerprint density at radius 1 is 1.08 bits per heavy atom. The number of furan rings is 1. The van der Waals surface area contributed by atoms with Crippen LogP contribution in [0.5, 0.6) is 5.88 Å². The Labute approximate surface area is 218 Å². The summed E-state index contributed by atoms with van der Waals surface area (Å²) in [6, 6.07) is 7.97. The topological polar surface area (TPSA) is 63.6 Å². The van der Waals surface area contributed by atoms with Gasteiger partial charge in [-0.1, -0.05) is 38.7 Å². The van der Waals surface area contributed by atoms with Crippen molar-refractivity contribution in [2.45, 2.75) is 90.6 Å². The predicted octanol–water partition coefficient (Wildman–Crippen LogP) is 8.20. The Bertz CT molecular complexity index is 1360. The lowest BCUT2D eigenvalue weighted by Gasteiger charge is -2.25. The largest absolute Gasteiger partial charge is 0.493 e. The van der Waals surface area contributed by atoms with Gasteiger partial charge in [0.2, 0.25) is 5.88 Å². The number of hydrogen-bond donors (Lipinski definition) is 1. The van der Waals surface area contributed by atoms with E-state index in [9.17, 15) is 5.11 Å². The predicted molar refractivity (Wildman–Crippen MR) is 145 cm³/mol. The fourth-order valence-corrected chi connectivity index (χ4v) is 5.88. The van der Waals surface area contributed by atoms with Crippen molar-refractivity contribution in [1.82, 2.24) is 14.4 Å². The van der Waals surface area contributed by atoms with E-state index in [4.69, 9.17) is 14.4 Å². The molecule has 0 spiro atoms. The zero-order valence-corrected chi connectivity index (χ0v) is 22.4. The summed E-state index contributed by atoms with van der Waals surface area (Å²) >= 11 is 0. The van der Waals surface area contributed by atoms with Gasteiger partial charge in [-0.15, -0.1) is 0 Å². The maximum absolute atomic E-state index is 15.7. The van der Waals surface area contributed by atoms with E-state index in [2.05, 4.69) is 26.0 Å². The Hall–Kier alpha value is -3.15. The molecule has 1 aliphatic carbocycles. The van der Waals surface area contributed by atoms with Crippen molar-refractivity contribution in [1.29, 1.82) is 0 Å². The average Bonchev–Trinajstić information content (AvgIpc) is 3.51. The summed E-state index contributed by atoms with van der Waals surface area (Å²) in [5, 5.41) is 11.2. The number of pyridine rings is 2. The Kier molecular flexibility index (Phi) is 7.11. The molecule has 37 heavy (non-hydrogen) atoms. The van der Waals surface area contributed by atoms with Crippen LogP contribution in [0, 0.1) is 19.8 Å². The molecule has 1 unspecified atom stereocenters. The number of rotatable bonds is 6. The zero-order valence-electron chi connectivity index (χ0n) is 22.4. The number of fused-ring (bicyclic) bond motifs is 1. The Morgan fingerprint density at radius 3 is 2.51 bits per heavy atom. The summed E-state index contributed by atoms with van der Waals surface area (Å²) in [5.41, 5.74) is 5.38. The fraction of sp³-hybridized carbons (Fsp3) is 0.484. The third-order valence-electron chi connectivity index (χ3n) is 8.32. The SMILES string of the molecule is CCC(C)(F)c1cc(-c2ccoc2)cn2c(O)c(CC3CCCC(c4nc(C)ccc4C)CCC3)nc12. The lowest BCUT2D eigenvalue weighted by molar-refractivity contribution is 0.187. The molecule has 1 saturated carbocycles. The van der Waals surface area contributed by atoms with Crippen LogP contribution in [0.25, 0.3) is 16.8 Å². The molecule has 1 aliphatic rings. The van der Waals surface area contributed by atoms with Crippen molar-refractivity contribution < 1.29 is 13.9 Å². The molecule has 0 saturated heterocycles. The second-order valence-corrected chi connectivity index (χ2v) is 11.1. The van der Waals surface area contributed by atoms with Crippen LogP contribution in [0.4, 0.5) is 4.39 Å². The molecule has 1 atom stereocenters. The van der Waals surface area contributed by atoms with E-state index in [1.165, 1.54) is 11.3 Å². The van der Waals surface area contributed by atoms with Crippen LogP contribution in [0.15, 0.2) is 47.4 Å². The number of aromatic nitrogens is 3. The van der Waals surface area contributed by atoms with Gasteiger partial charge in [0.15, 0.2) is 0 Å². The maximum Gasteiger partial charge on any atom is 0.219 e. The molecule has 6 heteroatoms. The summed E-state index contributed by atoms with van der Waals surface area (Å²) in [6.45, 7) is 7.66. The van der Waals surface area contributed by atoms with E-state index in [0.29, 0.717) is 41.6 Å². The second-order valence-electron chi connectivity index (χ2n) is 11.1. The minimum Gasteiger partial charge on any atom is -0.493 e. The smallest absolute Gasteiger partial charge is 0.219 e. The van der Waals surface area contributed by atoms with Crippen molar-refractivity contribution in [3.8, 4) is 17.0 Å². The molecular weight excluding hydrogens is 465 g/mol. The highest BCUT2D eigenvalue weighted by Crippen LogP contribution is 2.39. The number of imidazole rings is 1. The lowest BCUT2D eigenvalue weighted by Crippen LogP contribution is -2.15. The van der Waals surface area contributed by atoms with Crippen LogP contribution in [0.1, 0.15) is 92.9 Å². The molecule has 1 N–H and O–H groups in total. The number of aromatic hydroxyl groups is 1. The molecule has 0 aromatic carbocycles. The van der Waals surface area contributed by atoms with Crippen molar-refractivity contribution >= 4 is 5.65 Å². The van der Waals surface area contributed by atoms with E-state index in [-0.39, 0.29) is 5.88 Å². The highest BCUT2D eigenvalue weighted by atomic mass is 19.1. The third-order valence-corrected chi connectivity index (χ3v) is 8.32. The Balaban J connectivity index is 1.38. The Morgan fingerprint density at radius 2 is 1.84 bits per heavy atom. The summed E-state index contributed by atoms with van der Waals surface area (Å²) in [7, 11) is 0. The van der Waals surface area contributed by atoms with Gasteiger partial charge in [0, 0.05) is 40.2 Å². The van der Waals surface area contributed by atoms with Crippen LogP contribution in [-0.2, 0) is 12.1 Å². The quantitative estimate of drug-likeness (QED) is 0.288. The molecule has 196 valence electrons. The van der Waals surface area contributed by atoms with Gasteiger partial charge in [0.1, 0.15) is 17.0 Å². The average molecular weight is 504 g/mol. The molecule has 0 radical (unpaired) electrons. The summed E-state index contributed by atoms with van der Waals surface area (Å²) in [6.07, 6.45) is 12.8. The molecular formula is C31H38FN3O2. The first kappa shape index (κ1) is 25.5. The van der Waals surface area contributed by atoms with Gasteiger partial charge in [-0.25, -0.2) is 9.37 Å². The van der Waals surface area contributed by atoms with Crippen LogP contribution >= 0.6 is 0 Å². The van der Waals surface area contributed by atoms with Gasteiger partial charge >= 0.3 is 0 Å². The maximum atomic E-state index is 15.7. The van der Waals surface area contributed by atoms with Crippen molar-refractivity contribution in [2.75, 3.05) is 0 Å². The van der Waals surface area contributed by atoms with Gasteiger partial charge in [-0.2, -0.15) is 0 Å². The minimum atomic E-state index is -1.56. The molecule has 0 amide bonds. The number of aryl methyl sites for hydroxylation is 2. The third kappa shape index (κ3) is 5.16. The molecule has 4 aromatic heterocycles. The van der Waals surface area contributed by atoms with Gasteiger partial charge < -0.3 is 9.52 Å². The van der Waals surface area contributed by atoms with Crippen LogP contribution in [-0.4, -0.2) is 19.5 Å². The highest BCUT2D eigenvalue weighted by Gasteiger charge is 2.30. The summed E-state index contributed by atoms with van der Waals surface area (Å²) in [5.74, 6) is 1.08. The van der Waals surface area contributed by atoms with Gasteiger partial charge in [0.05, 0.1) is 12.5 Å². The molecule has 0 aliphatic heterocycles. The number of nitrogens with zero attached hydrogens (tertiary/aromatic N) is 3. The van der Waals surface area contributed by atoms with Crippen LogP contribution in [0.3, 0.4) is 0 Å². The normalized spacial score (nSPS) is 20.5. The summed E-state index contributed by atoms with van der Waals surface area (Å²) in [4.78, 5) is 9.69. The van der Waals surface area contributed by atoms with Crippen molar-refractivity contribution in [3.63, 3.8) is 0 Å². The molecule has 4 aromatic rings. The van der Waals surface area contributed by atoms with Crippen molar-refractivity contribution in [2.24, 2.45) is 5.92 Å². The molecule has 0 bridgehead atoms. The first-order valence-corrected chi connectivity index (χ1v) is 13.7. The van der Waals surface area contributed by atoms with Crippen molar-refractivity contribution in [3.05, 3.63) is 71.2 Å². The fourth-order valence-electron chi connectivity index (χ4n) is 5.88. The van der Waals surface area contributed by atoms with E-state index >= 15 is 4.39 Å². The first-order valence-electron chi connectivity index (χ1n) is 13.7. The van der Waals surface area contributed by atoms with E-state index in [0.717, 1.165) is 55.3 Å². The lowest BCUT2D eigenvalue weighted by atomic mass is 9.81. The molecule has 5 rings (SSSR count). The molecule has 5 nitrogen and oxygen atoms in total. The molecule has 1 fully saturated rings. The first-order chi connectivity index (χ1) is 17.8. The standard InChI is InChI=1S/C31H38FN3O2/c1-5-31(4,32)26-17-25(24-14-15-37-19-24)18-35-29(26)34-27(30(35)36)16-22-8-6-10-23(11-7-9-22)28-20(2)12-13-21(3)33-28/h12-15,17-19,22-23,36H,5-11,16H2,1-4H3. The number of hydrogen-bond acceptors (Lipinski definition) is 4. The van der Waals surface area contributed by atoms with E-state index < -0.39 is 5.67 Å². The van der Waals surface area contributed by atoms with E-state index in [1.54, 1.807) is 23.9 Å². The second kappa shape index (κ2) is 10.3. The van der Waals surface area contributed by atoms with Crippen LogP contribution < -0.4 is 0 Å². The molecule has 4 heterocycles. The minimum absolute atomic E-state index is 0.119. The summed E-state index contributed by atoms with van der Waals surface area (Å²) < 4.78 is 22.6. The van der Waals surface area contributed by atoms with Gasteiger partial charge in [0.25, 0.3) is 0 Å².